The van der Waals surface area contributed by atoms with Gasteiger partial charge in [-0.2, -0.15) is 0 Å². The van der Waals surface area contributed by atoms with Crippen LogP contribution in [-0.4, -0.2) is 11.1 Å². The largest absolute Gasteiger partial charge is 0.478 e. The van der Waals surface area contributed by atoms with Gasteiger partial charge in [-0.15, -0.1) is 0 Å². The van der Waals surface area contributed by atoms with Gasteiger partial charge in [0.25, 0.3) is 0 Å². The summed E-state index contributed by atoms with van der Waals surface area (Å²) in [7, 11) is 0. The molecule has 154 valence electrons. The molecule has 0 amide bonds. The molecule has 1 rings (SSSR count). The first-order chi connectivity index (χ1) is 13.1. The molecule has 0 atom stereocenters. The predicted molar refractivity (Wildman–Crippen MR) is 121 cm³/mol. The van der Waals surface area contributed by atoms with Crippen LogP contribution in [0.25, 0.3) is 0 Å². The molecule has 1 N–H and O–H groups in total. The second kappa shape index (κ2) is 11.0. The molecule has 0 aliphatic heterocycles. The molecule has 0 bridgehead atoms. The van der Waals surface area contributed by atoms with Gasteiger partial charge < -0.3 is 5.11 Å². The van der Waals surface area contributed by atoms with E-state index in [4.69, 9.17) is 0 Å². The number of hydrogen-bond acceptors (Lipinski definition) is 1. The van der Waals surface area contributed by atoms with Crippen molar-refractivity contribution in [1.29, 1.82) is 0 Å². The lowest BCUT2D eigenvalue weighted by atomic mass is 9.72. The number of rotatable bonds is 8. The Morgan fingerprint density at radius 1 is 1.11 bits per heavy atom. The topological polar surface area (TPSA) is 37.3 Å². The second-order valence-electron chi connectivity index (χ2n) is 8.44. The molecule has 0 aromatic rings. The van der Waals surface area contributed by atoms with Gasteiger partial charge in [0, 0.05) is 5.57 Å². The molecular weight excluding hydrogens is 344 g/mol. The van der Waals surface area contributed by atoms with Crippen LogP contribution in [0.2, 0.25) is 0 Å². The number of carboxylic acids is 1. The van der Waals surface area contributed by atoms with E-state index in [2.05, 4.69) is 45.9 Å². The molecule has 0 spiro atoms. The minimum Gasteiger partial charge on any atom is -0.478 e. The maximum atomic E-state index is 11.4. The van der Waals surface area contributed by atoms with Crippen LogP contribution in [0.1, 0.15) is 80.6 Å². The van der Waals surface area contributed by atoms with Crippen molar-refractivity contribution in [2.24, 2.45) is 5.41 Å². The third-order valence-corrected chi connectivity index (χ3v) is 5.56. The summed E-state index contributed by atoms with van der Waals surface area (Å²) in [4.78, 5) is 11.4. The van der Waals surface area contributed by atoms with Gasteiger partial charge in [-0.3, -0.25) is 0 Å². The number of carboxylic acid groups (broad SMARTS) is 1. The standard InChI is InChI=1S/C26H38O2/c1-8-22(23(9-2)25(27)28)18-20(4)13-10-12-19(3)15-16-24-21(5)14-11-17-26(24,6)7/h10,12-13,15-16,18H,8-9,11,14,17H2,1-7H3,(H,27,28). The number of aliphatic carboxylic acids is 1. The molecule has 2 nitrogen and oxygen atoms in total. The fourth-order valence-corrected chi connectivity index (χ4v) is 3.87. The van der Waals surface area contributed by atoms with Gasteiger partial charge >= 0.3 is 5.97 Å². The molecule has 0 heterocycles. The van der Waals surface area contributed by atoms with E-state index in [1.807, 2.05) is 39.0 Å². The average molecular weight is 383 g/mol. The quantitative estimate of drug-likeness (QED) is 0.344. The van der Waals surface area contributed by atoms with Crippen molar-refractivity contribution in [2.75, 3.05) is 0 Å². The van der Waals surface area contributed by atoms with Crippen LogP contribution in [0.3, 0.4) is 0 Å². The van der Waals surface area contributed by atoms with E-state index < -0.39 is 5.97 Å². The van der Waals surface area contributed by atoms with Gasteiger partial charge in [-0.25, -0.2) is 4.79 Å². The zero-order valence-electron chi connectivity index (χ0n) is 18.9. The summed E-state index contributed by atoms with van der Waals surface area (Å²) in [5.74, 6) is -0.816. The van der Waals surface area contributed by atoms with Crippen molar-refractivity contribution < 1.29 is 9.90 Å². The molecule has 1 aliphatic carbocycles. The highest BCUT2D eigenvalue weighted by Crippen LogP contribution is 2.40. The molecule has 1 aliphatic rings. The Morgan fingerprint density at radius 2 is 1.79 bits per heavy atom. The first-order valence-corrected chi connectivity index (χ1v) is 10.5. The minimum atomic E-state index is -0.816. The van der Waals surface area contributed by atoms with E-state index in [0.29, 0.717) is 12.0 Å². The molecule has 0 aromatic heterocycles. The van der Waals surface area contributed by atoms with E-state index in [1.54, 1.807) is 0 Å². The highest BCUT2D eigenvalue weighted by molar-refractivity contribution is 5.88. The number of carbonyl (C=O) groups is 1. The van der Waals surface area contributed by atoms with Crippen molar-refractivity contribution in [3.63, 3.8) is 0 Å². The Labute approximate surface area is 172 Å². The summed E-state index contributed by atoms with van der Waals surface area (Å²) in [6, 6.07) is 0. The van der Waals surface area contributed by atoms with Gasteiger partial charge in [0.15, 0.2) is 0 Å². The summed E-state index contributed by atoms with van der Waals surface area (Å²) < 4.78 is 0. The third kappa shape index (κ3) is 7.14. The van der Waals surface area contributed by atoms with Crippen molar-refractivity contribution in [1.82, 2.24) is 0 Å². The summed E-state index contributed by atoms with van der Waals surface area (Å²) in [5, 5.41) is 9.33. The SMILES string of the molecule is CCC(C=C(C)C=CC=C(C)C=CC1=C(C)CCCC1(C)C)=C(CC)C(=O)O. The molecule has 0 saturated carbocycles. The van der Waals surface area contributed by atoms with Gasteiger partial charge in [-0.1, -0.05) is 80.9 Å². The Bertz CT molecular complexity index is 749. The molecular formula is C26H38O2. The first kappa shape index (κ1) is 23.9. The van der Waals surface area contributed by atoms with Gasteiger partial charge in [0.1, 0.15) is 0 Å². The third-order valence-electron chi connectivity index (χ3n) is 5.56. The molecule has 2 heteroatoms. The van der Waals surface area contributed by atoms with Crippen LogP contribution >= 0.6 is 0 Å². The fourth-order valence-electron chi connectivity index (χ4n) is 3.87. The van der Waals surface area contributed by atoms with E-state index in [0.717, 1.165) is 17.6 Å². The Balaban J connectivity index is 2.92. The molecule has 28 heavy (non-hydrogen) atoms. The van der Waals surface area contributed by atoms with Crippen molar-refractivity contribution >= 4 is 5.97 Å². The van der Waals surface area contributed by atoms with Gasteiger partial charge in [-0.05, 0) is 69.4 Å². The highest BCUT2D eigenvalue weighted by Gasteiger charge is 2.26. The van der Waals surface area contributed by atoms with Gasteiger partial charge in [0.2, 0.25) is 0 Å². The van der Waals surface area contributed by atoms with E-state index in [-0.39, 0.29) is 5.41 Å². The molecule has 0 radical (unpaired) electrons. The average Bonchev–Trinajstić information content (AvgIpc) is 2.60. The van der Waals surface area contributed by atoms with Crippen LogP contribution in [0.15, 0.2) is 69.9 Å². The van der Waals surface area contributed by atoms with E-state index in [1.165, 1.54) is 36.0 Å². The monoisotopic (exact) mass is 382 g/mol. The van der Waals surface area contributed by atoms with Crippen LogP contribution in [0.4, 0.5) is 0 Å². The predicted octanol–water partition coefficient (Wildman–Crippen LogP) is 7.72. The van der Waals surface area contributed by atoms with Crippen LogP contribution < -0.4 is 0 Å². The lowest BCUT2D eigenvalue weighted by Crippen LogP contribution is -2.19. The minimum absolute atomic E-state index is 0.262. The molecule has 0 fully saturated rings. The van der Waals surface area contributed by atoms with E-state index >= 15 is 0 Å². The van der Waals surface area contributed by atoms with Crippen LogP contribution in [-0.2, 0) is 4.79 Å². The fraction of sp³-hybridized carbons (Fsp3) is 0.500. The van der Waals surface area contributed by atoms with Gasteiger partial charge in [0.05, 0.1) is 0 Å². The molecule has 0 unspecified atom stereocenters. The number of hydrogen-bond donors (Lipinski definition) is 1. The van der Waals surface area contributed by atoms with Crippen LogP contribution in [0, 0.1) is 5.41 Å². The second-order valence-corrected chi connectivity index (χ2v) is 8.44. The first-order valence-electron chi connectivity index (χ1n) is 10.5. The Hall–Kier alpha value is -2.09. The Kier molecular flexibility index (Phi) is 9.45. The lowest BCUT2D eigenvalue weighted by Gasteiger charge is -2.32. The van der Waals surface area contributed by atoms with Crippen LogP contribution in [0.5, 0.6) is 0 Å². The van der Waals surface area contributed by atoms with E-state index in [9.17, 15) is 9.90 Å². The summed E-state index contributed by atoms with van der Waals surface area (Å²) in [6.07, 6.45) is 17.7. The zero-order valence-corrected chi connectivity index (χ0v) is 18.9. The summed E-state index contributed by atoms with van der Waals surface area (Å²) in [6.45, 7) is 14.9. The van der Waals surface area contributed by atoms with Crippen molar-refractivity contribution in [3.8, 4) is 0 Å². The van der Waals surface area contributed by atoms with Crippen molar-refractivity contribution in [3.05, 3.63) is 69.9 Å². The smallest absolute Gasteiger partial charge is 0.331 e. The Morgan fingerprint density at radius 3 is 2.32 bits per heavy atom. The zero-order chi connectivity index (χ0) is 21.3. The number of allylic oxidation sites excluding steroid dienone is 11. The lowest BCUT2D eigenvalue weighted by molar-refractivity contribution is -0.132. The summed E-state index contributed by atoms with van der Waals surface area (Å²) in [5.41, 5.74) is 6.92. The maximum Gasteiger partial charge on any atom is 0.331 e. The summed E-state index contributed by atoms with van der Waals surface area (Å²) >= 11 is 0. The maximum absolute atomic E-state index is 11.4. The normalized spacial score (nSPS) is 19.5. The molecule has 0 aromatic carbocycles. The van der Waals surface area contributed by atoms with Crippen molar-refractivity contribution in [2.45, 2.75) is 80.6 Å². The molecule has 0 saturated heterocycles. The highest BCUT2D eigenvalue weighted by atomic mass is 16.4.